The fourth-order valence-corrected chi connectivity index (χ4v) is 1.77. The molecule has 2 rings (SSSR count). The van der Waals surface area contributed by atoms with Crippen molar-refractivity contribution in [1.82, 2.24) is 9.97 Å². The molecule has 0 radical (unpaired) electrons. The fourth-order valence-electron chi connectivity index (χ4n) is 1.77. The average molecular weight is 249 g/mol. The van der Waals surface area contributed by atoms with Gasteiger partial charge in [-0.05, 0) is 6.42 Å². The number of nitrogens with zero attached hydrogens (tertiary/aromatic N) is 2. The van der Waals surface area contributed by atoms with Gasteiger partial charge >= 0.3 is 0 Å². The van der Waals surface area contributed by atoms with Crippen LogP contribution in [0.5, 0.6) is 0 Å². The van der Waals surface area contributed by atoms with Crippen LogP contribution in [0.4, 0.5) is 5.69 Å². The van der Waals surface area contributed by atoms with E-state index < -0.39 is 0 Å². The smallest absolute Gasteiger partial charge is 0.229 e. The Kier molecular flexibility index (Phi) is 3.61. The van der Waals surface area contributed by atoms with Crippen LogP contribution in [0.3, 0.4) is 0 Å². The Bertz CT molecular complexity index is 417. The van der Waals surface area contributed by atoms with E-state index >= 15 is 0 Å². The van der Waals surface area contributed by atoms with E-state index in [0.717, 1.165) is 12.2 Å². The highest BCUT2D eigenvalue weighted by Gasteiger charge is 2.24. The number of anilines is 1. The highest BCUT2D eigenvalue weighted by Crippen LogP contribution is 2.19. The maximum absolute atomic E-state index is 11.8. The molecular formula is C13H19N3O2. The van der Waals surface area contributed by atoms with E-state index in [1.54, 1.807) is 12.4 Å². The molecule has 2 heterocycles. The summed E-state index contributed by atoms with van der Waals surface area (Å²) in [5.41, 5.74) is 0.557. The standard InChI is InChI=1S/C13H19N3O2/c1-13(2,3)12-14-6-10(7-15-12)16-11(17)9-4-5-18-8-9/h6-7,9H,4-5,8H2,1-3H3,(H,16,17). The quantitative estimate of drug-likeness (QED) is 0.867. The molecule has 0 spiro atoms. The van der Waals surface area contributed by atoms with Gasteiger partial charge in [-0.3, -0.25) is 4.79 Å². The van der Waals surface area contributed by atoms with E-state index in [2.05, 4.69) is 36.1 Å². The van der Waals surface area contributed by atoms with E-state index in [1.807, 2.05) is 0 Å². The number of amides is 1. The summed E-state index contributed by atoms with van der Waals surface area (Å²) >= 11 is 0. The molecule has 1 aliphatic heterocycles. The van der Waals surface area contributed by atoms with Crippen molar-refractivity contribution in [2.24, 2.45) is 5.92 Å². The fraction of sp³-hybridized carbons (Fsp3) is 0.615. The number of hydrogen-bond acceptors (Lipinski definition) is 4. The van der Waals surface area contributed by atoms with E-state index in [-0.39, 0.29) is 17.2 Å². The molecular weight excluding hydrogens is 230 g/mol. The van der Waals surface area contributed by atoms with Crippen molar-refractivity contribution in [2.45, 2.75) is 32.6 Å². The van der Waals surface area contributed by atoms with Gasteiger partial charge < -0.3 is 10.1 Å². The number of ether oxygens (including phenoxy) is 1. The zero-order chi connectivity index (χ0) is 13.2. The van der Waals surface area contributed by atoms with Crippen LogP contribution < -0.4 is 5.32 Å². The summed E-state index contributed by atoms with van der Waals surface area (Å²) in [7, 11) is 0. The van der Waals surface area contributed by atoms with Gasteiger partial charge in [0.25, 0.3) is 0 Å². The first kappa shape index (κ1) is 13.0. The summed E-state index contributed by atoms with van der Waals surface area (Å²) < 4.78 is 5.19. The van der Waals surface area contributed by atoms with Crippen molar-refractivity contribution in [2.75, 3.05) is 18.5 Å². The summed E-state index contributed by atoms with van der Waals surface area (Å²) in [5, 5.41) is 2.82. The molecule has 1 amide bonds. The largest absolute Gasteiger partial charge is 0.381 e. The van der Waals surface area contributed by atoms with Gasteiger partial charge in [0, 0.05) is 12.0 Å². The Morgan fingerprint density at radius 1 is 1.39 bits per heavy atom. The minimum Gasteiger partial charge on any atom is -0.381 e. The molecule has 0 aromatic carbocycles. The zero-order valence-corrected chi connectivity index (χ0v) is 11.1. The molecule has 0 bridgehead atoms. The lowest BCUT2D eigenvalue weighted by Crippen LogP contribution is -2.23. The van der Waals surface area contributed by atoms with E-state index in [4.69, 9.17) is 4.74 Å². The highest BCUT2D eigenvalue weighted by molar-refractivity contribution is 5.92. The molecule has 0 aliphatic carbocycles. The monoisotopic (exact) mass is 249 g/mol. The van der Waals surface area contributed by atoms with Crippen LogP contribution in [0.25, 0.3) is 0 Å². The number of aromatic nitrogens is 2. The van der Waals surface area contributed by atoms with E-state index in [0.29, 0.717) is 18.9 Å². The van der Waals surface area contributed by atoms with Crippen molar-refractivity contribution >= 4 is 11.6 Å². The summed E-state index contributed by atoms with van der Waals surface area (Å²) in [6.07, 6.45) is 4.09. The predicted octanol–water partition coefficient (Wildman–Crippen LogP) is 1.75. The molecule has 98 valence electrons. The van der Waals surface area contributed by atoms with Crippen LogP contribution in [-0.2, 0) is 14.9 Å². The van der Waals surface area contributed by atoms with E-state index in [9.17, 15) is 4.79 Å². The lowest BCUT2D eigenvalue weighted by molar-refractivity contribution is -0.119. The third-order valence-corrected chi connectivity index (χ3v) is 2.89. The van der Waals surface area contributed by atoms with Gasteiger partial charge in [-0.2, -0.15) is 0 Å². The van der Waals surface area contributed by atoms with Gasteiger partial charge in [0.05, 0.1) is 30.6 Å². The predicted molar refractivity (Wildman–Crippen MR) is 68.3 cm³/mol. The van der Waals surface area contributed by atoms with Crippen LogP contribution in [-0.4, -0.2) is 29.1 Å². The Balaban J connectivity index is 2.00. The Hall–Kier alpha value is -1.49. The average Bonchev–Trinajstić information content (AvgIpc) is 2.82. The summed E-state index contributed by atoms with van der Waals surface area (Å²) in [5.74, 6) is 0.705. The molecule has 5 heteroatoms. The molecule has 1 aromatic rings. The van der Waals surface area contributed by atoms with Crippen LogP contribution in [0.2, 0.25) is 0 Å². The molecule has 1 saturated heterocycles. The number of hydrogen-bond donors (Lipinski definition) is 1. The molecule has 1 aromatic heterocycles. The second-order valence-electron chi connectivity index (χ2n) is 5.60. The van der Waals surface area contributed by atoms with Gasteiger partial charge in [-0.15, -0.1) is 0 Å². The Morgan fingerprint density at radius 3 is 2.56 bits per heavy atom. The first-order valence-corrected chi connectivity index (χ1v) is 6.18. The molecule has 18 heavy (non-hydrogen) atoms. The van der Waals surface area contributed by atoms with Gasteiger partial charge in [-0.25, -0.2) is 9.97 Å². The van der Waals surface area contributed by atoms with Gasteiger partial charge in [-0.1, -0.05) is 20.8 Å². The third kappa shape index (κ3) is 3.04. The van der Waals surface area contributed by atoms with Crippen LogP contribution in [0, 0.1) is 5.92 Å². The molecule has 0 saturated carbocycles. The highest BCUT2D eigenvalue weighted by atomic mass is 16.5. The number of carbonyl (C=O) groups excluding carboxylic acids is 1. The number of nitrogens with one attached hydrogen (secondary N) is 1. The van der Waals surface area contributed by atoms with Crippen LogP contribution in [0.15, 0.2) is 12.4 Å². The molecule has 1 unspecified atom stereocenters. The van der Waals surface area contributed by atoms with Crippen molar-refractivity contribution in [3.63, 3.8) is 0 Å². The SMILES string of the molecule is CC(C)(C)c1ncc(NC(=O)C2CCOC2)cn1. The molecule has 5 nitrogen and oxygen atoms in total. The van der Waals surface area contributed by atoms with Crippen LogP contribution in [0.1, 0.15) is 33.0 Å². The van der Waals surface area contributed by atoms with Crippen molar-refractivity contribution in [3.05, 3.63) is 18.2 Å². The first-order valence-electron chi connectivity index (χ1n) is 6.18. The van der Waals surface area contributed by atoms with Gasteiger partial charge in [0.2, 0.25) is 5.91 Å². The van der Waals surface area contributed by atoms with E-state index in [1.165, 1.54) is 0 Å². The normalized spacial score (nSPS) is 19.8. The number of rotatable bonds is 2. The third-order valence-electron chi connectivity index (χ3n) is 2.89. The Labute approximate surface area is 107 Å². The zero-order valence-electron chi connectivity index (χ0n) is 11.1. The van der Waals surface area contributed by atoms with Crippen molar-refractivity contribution in [1.29, 1.82) is 0 Å². The maximum atomic E-state index is 11.8. The summed E-state index contributed by atoms with van der Waals surface area (Å²) in [6.45, 7) is 7.33. The minimum atomic E-state index is -0.0815. The molecule has 1 fully saturated rings. The number of carbonyl (C=O) groups is 1. The van der Waals surface area contributed by atoms with Gasteiger partial charge in [0.15, 0.2) is 0 Å². The summed E-state index contributed by atoms with van der Waals surface area (Å²) in [6, 6.07) is 0. The van der Waals surface area contributed by atoms with Gasteiger partial charge in [0.1, 0.15) is 5.82 Å². The molecule has 1 atom stereocenters. The lowest BCUT2D eigenvalue weighted by Gasteiger charge is -2.16. The van der Waals surface area contributed by atoms with Crippen molar-refractivity contribution < 1.29 is 9.53 Å². The first-order chi connectivity index (χ1) is 8.47. The maximum Gasteiger partial charge on any atom is 0.229 e. The second-order valence-corrected chi connectivity index (χ2v) is 5.60. The Morgan fingerprint density at radius 2 is 2.06 bits per heavy atom. The molecule has 1 aliphatic rings. The van der Waals surface area contributed by atoms with Crippen LogP contribution >= 0.6 is 0 Å². The topological polar surface area (TPSA) is 64.1 Å². The van der Waals surface area contributed by atoms with Crippen molar-refractivity contribution in [3.8, 4) is 0 Å². The summed E-state index contributed by atoms with van der Waals surface area (Å²) in [4.78, 5) is 20.4. The lowest BCUT2D eigenvalue weighted by atomic mass is 9.96. The second kappa shape index (κ2) is 5.02. The molecule has 1 N–H and O–H groups in total. The minimum absolute atomic E-state index is 0.0143.